The number of nitrogens with one attached hydrogen (secondary N) is 1. The standard InChI is InChI=1S/C19H18BrNO3/c1-11-8-13(20)2-3-16(11)21-18(22)10-15-14-5-7-23-17(14)9-12-4-6-24-19(12)15/h2-3,8-9H,4-7,10H2,1H3,(H,21,22). The molecule has 0 saturated carbocycles. The van der Waals surface area contributed by atoms with Gasteiger partial charge in [-0.3, -0.25) is 4.79 Å². The molecule has 2 heterocycles. The number of aryl methyl sites for hydroxylation is 1. The Hall–Kier alpha value is -2.01. The molecule has 0 radical (unpaired) electrons. The van der Waals surface area contributed by atoms with Gasteiger partial charge in [-0.05, 0) is 36.8 Å². The molecule has 2 aromatic carbocycles. The molecule has 0 saturated heterocycles. The zero-order valence-electron chi connectivity index (χ0n) is 13.4. The molecule has 0 unspecified atom stereocenters. The van der Waals surface area contributed by atoms with E-state index in [9.17, 15) is 4.79 Å². The summed E-state index contributed by atoms with van der Waals surface area (Å²) in [6.07, 6.45) is 2.03. The fourth-order valence-electron chi connectivity index (χ4n) is 3.39. The highest BCUT2D eigenvalue weighted by Gasteiger charge is 2.27. The number of ether oxygens (including phenoxy) is 2. The summed E-state index contributed by atoms with van der Waals surface area (Å²) in [5.41, 5.74) is 5.13. The lowest BCUT2D eigenvalue weighted by atomic mass is 9.97. The van der Waals surface area contributed by atoms with Crippen LogP contribution in [-0.2, 0) is 24.1 Å². The number of anilines is 1. The Morgan fingerprint density at radius 2 is 2.04 bits per heavy atom. The van der Waals surface area contributed by atoms with Crippen LogP contribution in [0.5, 0.6) is 11.5 Å². The fraction of sp³-hybridized carbons (Fsp3) is 0.316. The average Bonchev–Trinajstić information content (AvgIpc) is 3.18. The minimum Gasteiger partial charge on any atom is -0.493 e. The third-order valence-corrected chi connectivity index (χ3v) is 5.05. The Labute approximate surface area is 149 Å². The highest BCUT2D eigenvalue weighted by atomic mass is 79.9. The van der Waals surface area contributed by atoms with Gasteiger partial charge in [0.1, 0.15) is 11.5 Å². The average molecular weight is 388 g/mol. The second-order valence-electron chi connectivity index (χ2n) is 6.20. The number of fused-ring (bicyclic) bond motifs is 2. The highest BCUT2D eigenvalue weighted by molar-refractivity contribution is 9.10. The van der Waals surface area contributed by atoms with E-state index >= 15 is 0 Å². The molecular weight excluding hydrogens is 370 g/mol. The lowest BCUT2D eigenvalue weighted by Crippen LogP contribution is -2.16. The summed E-state index contributed by atoms with van der Waals surface area (Å²) in [5, 5.41) is 3.01. The van der Waals surface area contributed by atoms with Gasteiger partial charge in [0.25, 0.3) is 0 Å². The van der Waals surface area contributed by atoms with Gasteiger partial charge in [-0.25, -0.2) is 0 Å². The summed E-state index contributed by atoms with van der Waals surface area (Å²) in [7, 11) is 0. The van der Waals surface area contributed by atoms with Crippen LogP contribution in [0.15, 0.2) is 28.7 Å². The second-order valence-corrected chi connectivity index (χ2v) is 7.12. The molecule has 2 aliphatic heterocycles. The molecular formula is C19H18BrNO3. The number of carbonyl (C=O) groups excluding carboxylic acids is 1. The van der Waals surface area contributed by atoms with Crippen LogP contribution in [0.3, 0.4) is 0 Å². The van der Waals surface area contributed by atoms with E-state index in [4.69, 9.17) is 9.47 Å². The summed E-state index contributed by atoms with van der Waals surface area (Å²) in [6.45, 7) is 3.34. The van der Waals surface area contributed by atoms with Crippen molar-refractivity contribution in [1.82, 2.24) is 0 Å². The van der Waals surface area contributed by atoms with Gasteiger partial charge in [-0.2, -0.15) is 0 Å². The maximum Gasteiger partial charge on any atom is 0.228 e. The topological polar surface area (TPSA) is 47.6 Å². The molecule has 1 N–H and O–H groups in total. The predicted octanol–water partition coefficient (Wildman–Crippen LogP) is 3.81. The van der Waals surface area contributed by atoms with Crippen LogP contribution in [0.4, 0.5) is 5.69 Å². The second kappa shape index (κ2) is 6.13. The molecule has 0 bridgehead atoms. The third kappa shape index (κ3) is 2.77. The molecule has 1 amide bonds. The molecule has 2 aliphatic rings. The Morgan fingerprint density at radius 3 is 2.88 bits per heavy atom. The van der Waals surface area contributed by atoms with Crippen molar-refractivity contribution in [1.29, 1.82) is 0 Å². The first-order valence-electron chi connectivity index (χ1n) is 8.11. The van der Waals surface area contributed by atoms with Gasteiger partial charge in [0, 0.05) is 39.7 Å². The van der Waals surface area contributed by atoms with E-state index in [1.54, 1.807) is 0 Å². The monoisotopic (exact) mass is 387 g/mol. The predicted molar refractivity (Wildman–Crippen MR) is 96.1 cm³/mol. The first kappa shape index (κ1) is 15.5. The van der Waals surface area contributed by atoms with Crippen molar-refractivity contribution in [3.8, 4) is 11.5 Å². The van der Waals surface area contributed by atoms with Crippen molar-refractivity contribution < 1.29 is 14.3 Å². The van der Waals surface area contributed by atoms with Gasteiger partial charge in [-0.1, -0.05) is 15.9 Å². The quantitative estimate of drug-likeness (QED) is 0.870. The third-order valence-electron chi connectivity index (χ3n) is 4.56. The molecule has 0 spiro atoms. The Morgan fingerprint density at radius 1 is 1.21 bits per heavy atom. The molecule has 2 aromatic rings. The molecule has 4 nitrogen and oxygen atoms in total. The molecule has 0 fully saturated rings. The van der Waals surface area contributed by atoms with Crippen LogP contribution in [0.2, 0.25) is 0 Å². The first-order valence-corrected chi connectivity index (χ1v) is 8.90. The van der Waals surface area contributed by atoms with Crippen LogP contribution in [0, 0.1) is 6.92 Å². The van der Waals surface area contributed by atoms with Gasteiger partial charge < -0.3 is 14.8 Å². The minimum atomic E-state index is -0.0292. The van der Waals surface area contributed by atoms with Gasteiger partial charge in [0.05, 0.1) is 19.6 Å². The highest BCUT2D eigenvalue weighted by Crippen LogP contribution is 2.40. The van der Waals surface area contributed by atoms with Crippen molar-refractivity contribution >= 4 is 27.5 Å². The van der Waals surface area contributed by atoms with Crippen LogP contribution in [0.25, 0.3) is 0 Å². The van der Waals surface area contributed by atoms with Crippen LogP contribution in [0.1, 0.15) is 22.3 Å². The van der Waals surface area contributed by atoms with E-state index in [0.717, 1.165) is 56.8 Å². The van der Waals surface area contributed by atoms with Crippen molar-refractivity contribution in [2.24, 2.45) is 0 Å². The van der Waals surface area contributed by atoms with E-state index < -0.39 is 0 Å². The lowest BCUT2D eigenvalue weighted by molar-refractivity contribution is -0.115. The van der Waals surface area contributed by atoms with Crippen molar-refractivity contribution in [2.75, 3.05) is 18.5 Å². The number of carbonyl (C=O) groups is 1. The maximum atomic E-state index is 12.6. The fourth-order valence-corrected chi connectivity index (χ4v) is 3.87. The van der Waals surface area contributed by atoms with Crippen LogP contribution in [-0.4, -0.2) is 19.1 Å². The van der Waals surface area contributed by atoms with E-state index in [2.05, 4.69) is 27.3 Å². The van der Waals surface area contributed by atoms with E-state index in [0.29, 0.717) is 19.6 Å². The SMILES string of the molecule is Cc1cc(Br)ccc1NC(=O)Cc1c2c(cc3c1OCC3)OCC2. The number of halogens is 1. The Bertz CT molecular complexity index is 800. The van der Waals surface area contributed by atoms with Crippen molar-refractivity contribution in [2.45, 2.75) is 26.2 Å². The molecule has 0 atom stereocenters. The summed E-state index contributed by atoms with van der Waals surface area (Å²) in [6, 6.07) is 7.91. The maximum absolute atomic E-state index is 12.6. The van der Waals surface area contributed by atoms with Gasteiger partial charge in [0.15, 0.2) is 0 Å². The Balaban J connectivity index is 1.60. The van der Waals surface area contributed by atoms with E-state index in [-0.39, 0.29) is 5.91 Å². The zero-order valence-corrected chi connectivity index (χ0v) is 15.0. The van der Waals surface area contributed by atoms with Gasteiger partial charge >= 0.3 is 0 Å². The number of hydrogen-bond donors (Lipinski definition) is 1. The van der Waals surface area contributed by atoms with Gasteiger partial charge in [0.2, 0.25) is 5.91 Å². The molecule has 0 aliphatic carbocycles. The molecule has 0 aromatic heterocycles. The lowest BCUT2D eigenvalue weighted by Gasteiger charge is -2.14. The largest absolute Gasteiger partial charge is 0.493 e. The van der Waals surface area contributed by atoms with Crippen LogP contribution >= 0.6 is 15.9 Å². The first-order chi connectivity index (χ1) is 11.6. The number of benzene rings is 2. The smallest absolute Gasteiger partial charge is 0.228 e. The van der Waals surface area contributed by atoms with Crippen LogP contribution < -0.4 is 14.8 Å². The number of rotatable bonds is 3. The molecule has 5 heteroatoms. The molecule has 4 rings (SSSR count). The van der Waals surface area contributed by atoms with Crippen molar-refractivity contribution in [3.63, 3.8) is 0 Å². The summed E-state index contributed by atoms with van der Waals surface area (Å²) in [5.74, 6) is 1.78. The number of hydrogen-bond acceptors (Lipinski definition) is 3. The van der Waals surface area contributed by atoms with E-state index in [1.165, 1.54) is 0 Å². The van der Waals surface area contributed by atoms with Crippen molar-refractivity contribution in [3.05, 3.63) is 51.0 Å². The molecule has 124 valence electrons. The molecule has 24 heavy (non-hydrogen) atoms. The Kier molecular flexibility index (Phi) is 3.96. The van der Waals surface area contributed by atoms with Gasteiger partial charge in [-0.15, -0.1) is 0 Å². The normalized spacial score (nSPS) is 14.6. The zero-order chi connectivity index (χ0) is 16.7. The summed E-state index contributed by atoms with van der Waals surface area (Å²) >= 11 is 3.44. The summed E-state index contributed by atoms with van der Waals surface area (Å²) in [4.78, 5) is 12.6. The minimum absolute atomic E-state index is 0.0292. The number of amides is 1. The van der Waals surface area contributed by atoms with E-state index in [1.807, 2.05) is 25.1 Å². The summed E-state index contributed by atoms with van der Waals surface area (Å²) < 4.78 is 12.5.